The van der Waals surface area contributed by atoms with Gasteiger partial charge in [-0.05, 0) is 43.4 Å². The molecule has 24 heavy (non-hydrogen) atoms. The predicted molar refractivity (Wildman–Crippen MR) is 94.5 cm³/mol. The van der Waals surface area contributed by atoms with E-state index >= 15 is 0 Å². The van der Waals surface area contributed by atoms with Gasteiger partial charge in [-0.3, -0.25) is 9.69 Å². The van der Waals surface area contributed by atoms with Gasteiger partial charge < -0.3 is 10.1 Å². The molecule has 0 atom stereocenters. The van der Waals surface area contributed by atoms with Crippen molar-refractivity contribution in [2.24, 2.45) is 0 Å². The zero-order valence-corrected chi connectivity index (χ0v) is 14.6. The molecule has 2 rings (SSSR count). The standard InChI is InChI=1S/C17H17Cl2FN2O2/c1-22(9-10-24-13-7-5-12(20)6-8-13)11-16(23)21-17-14(18)3-2-4-15(17)19/h2-8H,9-11H2,1H3,(H,21,23). The Balaban J connectivity index is 1.76. The second-order valence-electron chi connectivity index (χ2n) is 5.18. The van der Waals surface area contributed by atoms with Gasteiger partial charge in [0.25, 0.3) is 0 Å². The Kier molecular flexibility index (Phi) is 6.85. The fourth-order valence-corrected chi connectivity index (χ4v) is 2.46. The highest BCUT2D eigenvalue weighted by Gasteiger charge is 2.11. The van der Waals surface area contributed by atoms with E-state index in [0.717, 1.165) is 0 Å². The van der Waals surface area contributed by atoms with Gasteiger partial charge in [-0.2, -0.15) is 0 Å². The average Bonchev–Trinajstić information content (AvgIpc) is 2.53. The zero-order valence-electron chi connectivity index (χ0n) is 13.1. The molecule has 1 N–H and O–H groups in total. The summed E-state index contributed by atoms with van der Waals surface area (Å²) in [5.74, 6) is 0.0424. The lowest BCUT2D eigenvalue weighted by molar-refractivity contribution is -0.117. The van der Waals surface area contributed by atoms with Crippen molar-refractivity contribution in [2.75, 3.05) is 32.1 Å². The lowest BCUT2D eigenvalue weighted by atomic mass is 10.3. The van der Waals surface area contributed by atoms with Crippen molar-refractivity contribution in [3.8, 4) is 5.75 Å². The van der Waals surface area contributed by atoms with Crippen LogP contribution in [0.1, 0.15) is 0 Å². The van der Waals surface area contributed by atoms with Crippen molar-refractivity contribution in [2.45, 2.75) is 0 Å². The molecule has 0 unspecified atom stereocenters. The maximum Gasteiger partial charge on any atom is 0.238 e. The van der Waals surface area contributed by atoms with E-state index in [9.17, 15) is 9.18 Å². The first kappa shape index (κ1) is 18.5. The van der Waals surface area contributed by atoms with Crippen LogP contribution < -0.4 is 10.1 Å². The average molecular weight is 371 g/mol. The van der Waals surface area contributed by atoms with Crippen LogP contribution in [-0.4, -0.2) is 37.6 Å². The lowest BCUT2D eigenvalue weighted by Gasteiger charge is -2.17. The molecule has 0 radical (unpaired) electrons. The van der Waals surface area contributed by atoms with Gasteiger partial charge in [0.15, 0.2) is 0 Å². The van der Waals surface area contributed by atoms with Crippen molar-refractivity contribution < 1.29 is 13.9 Å². The van der Waals surface area contributed by atoms with Crippen LogP contribution in [0, 0.1) is 5.82 Å². The third kappa shape index (κ3) is 5.67. The van der Waals surface area contributed by atoms with Gasteiger partial charge in [-0.25, -0.2) is 4.39 Å². The molecule has 4 nitrogen and oxygen atoms in total. The molecule has 0 bridgehead atoms. The summed E-state index contributed by atoms with van der Waals surface area (Å²) in [6.07, 6.45) is 0. The van der Waals surface area contributed by atoms with E-state index in [1.807, 2.05) is 0 Å². The summed E-state index contributed by atoms with van der Waals surface area (Å²) >= 11 is 12.0. The number of likely N-dealkylation sites (N-methyl/N-ethyl adjacent to an activating group) is 1. The molecule has 0 aliphatic carbocycles. The van der Waals surface area contributed by atoms with Crippen molar-refractivity contribution in [1.82, 2.24) is 4.90 Å². The predicted octanol–water partition coefficient (Wildman–Crippen LogP) is 4.08. The molecular formula is C17H17Cl2FN2O2. The van der Waals surface area contributed by atoms with Gasteiger partial charge in [-0.15, -0.1) is 0 Å². The lowest BCUT2D eigenvalue weighted by Crippen LogP contribution is -2.33. The highest BCUT2D eigenvalue weighted by Crippen LogP contribution is 2.29. The van der Waals surface area contributed by atoms with E-state index in [-0.39, 0.29) is 18.3 Å². The van der Waals surface area contributed by atoms with Crippen LogP contribution in [0.25, 0.3) is 0 Å². The number of carbonyl (C=O) groups is 1. The minimum Gasteiger partial charge on any atom is -0.492 e. The summed E-state index contributed by atoms with van der Waals surface area (Å²) in [6, 6.07) is 10.8. The Labute approximate surface area is 150 Å². The van der Waals surface area contributed by atoms with Crippen molar-refractivity contribution in [3.63, 3.8) is 0 Å². The number of amides is 1. The largest absolute Gasteiger partial charge is 0.492 e. The molecule has 0 saturated carbocycles. The van der Waals surface area contributed by atoms with Crippen molar-refractivity contribution in [1.29, 1.82) is 0 Å². The van der Waals surface area contributed by atoms with E-state index in [2.05, 4.69) is 5.32 Å². The highest BCUT2D eigenvalue weighted by molar-refractivity contribution is 6.39. The fraction of sp³-hybridized carbons (Fsp3) is 0.235. The first-order valence-corrected chi connectivity index (χ1v) is 8.02. The summed E-state index contributed by atoms with van der Waals surface area (Å²) in [4.78, 5) is 13.8. The first-order chi connectivity index (χ1) is 11.5. The van der Waals surface area contributed by atoms with Crippen LogP contribution in [0.15, 0.2) is 42.5 Å². The number of para-hydroxylation sites is 1. The van der Waals surface area contributed by atoms with Gasteiger partial charge in [0.05, 0.1) is 22.3 Å². The smallest absolute Gasteiger partial charge is 0.238 e. The molecule has 0 fully saturated rings. The topological polar surface area (TPSA) is 41.6 Å². The molecule has 128 valence electrons. The first-order valence-electron chi connectivity index (χ1n) is 7.26. The summed E-state index contributed by atoms with van der Waals surface area (Å²) in [5.41, 5.74) is 0.404. The van der Waals surface area contributed by atoms with Gasteiger partial charge in [0.1, 0.15) is 18.2 Å². The Bertz CT molecular complexity index is 675. The van der Waals surface area contributed by atoms with E-state index < -0.39 is 0 Å². The van der Waals surface area contributed by atoms with Crippen LogP contribution >= 0.6 is 23.2 Å². The van der Waals surface area contributed by atoms with Crippen LogP contribution in [0.2, 0.25) is 10.0 Å². The summed E-state index contributed by atoms with van der Waals surface area (Å²) in [5, 5.41) is 3.47. The van der Waals surface area contributed by atoms with Crippen molar-refractivity contribution >= 4 is 34.8 Å². The second-order valence-corrected chi connectivity index (χ2v) is 6.00. The Hall–Kier alpha value is -1.82. The third-order valence-corrected chi connectivity index (χ3v) is 3.83. The quantitative estimate of drug-likeness (QED) is 0.798. The Morgan fingerprint density at radius 3 is 2.42 bits per heavy atom. The van der Waals surface area contributed by atoms with E-state index in [1.165, 1.54) is 12.1 Å². The summed E-state index contributed by atoms with van der Waals surface area (Å²) in [6.45, 7) is 1.07. The van der Waals surface area contributed by atoms with Gasteiger partial charge in [-0.1, -0.05) is 29.3 Å². The van der Waals surface area contributed by atoms with Crippen LogP contribution in [0.4, 0.5) is 10.1 Å². The fourth-order valence-electron chi connectivity index (χ4n) is 1.97. The summed E-state index contributed by atoms with van der Waals surface area (Å²) in [7, 11) is 1.79. The molecule has 0 aliphatic rings. The molecule has 2 aromatic carbocycles. The molecule has 0 spiro atoms. The number of benzene rings is 2. The number of rotatable bonds is 7. The molecule has 0 aromatic heterocycles. The van der Waals surface area contributed by atoms with Crippen LogP contribution in [0.3, 0.4) is 0 Å². The maximum absolute atomic E-state index is 12.8. The molecule has 0 heterocycles. The third-order valence-electron chi connectivity index (χ3n) is 3.20. The zero-order chi connectivity index (χ0) is 17.5. The van der Waals surface area contributed by atoms with E-state index in [4.69, 9.17) is 27.9 Å². The number of ether oxygens (including phenoxy) is 1. The van der Waals surface area contributed by atoms with Crippen LogP contribution in [-0.2, 0) is 4.79 Å². The van der Waals surface area contributed by atoms with Crippen molar-refractivity contribution in [3.05, 3.63) is 58.3 Å². The van der Waals surface area contributed by atoms with Gasteiger partial charge in [0.2, 0.25) is 5.91 Å². The molecule has 0 aliphatic heterocycles. The molecular weight excluding hydrogens is 354 g/mol. The number of hydrogen-bond donors (Lipinski definition) is 1. The van der Waals surface area contributed by atoms with E-state index in [1.54, 1.807) is 42.3 Å². The number of nitrogens with one attached hydrogen (secondary N) is 1. The number of nitrogens with zero attached hydrogens (tertiary/aromatic N) is 1. The van der Waals surface area contributed by atoms with E-state index in [0.29, 0.717) is 34.6 Å². The van der Waals surface area contributed by atoms with Gasteiger partial charge >= 0.3 is 0 Å². The number of anilines is 1. The minimum atomic E-state index is -0.311. The highest BCUT2D eigenvalue weighted by atomic mass is 35.5. The van der Waals surface area contributed by atoms with Crippen LogP contribution in [0.5, 0.6) is 5.75 Å². The van der Waals surface area contributed by atoms with Gasteiger partial charge in [0, 0.05) is 6.54 Å². The monoisotopic (exact) mass is 370 g/mol. The normalized spacial score (nSPS) is 10.7. The Morgan fingerprint density at radius 2 is 1.79 bits per heavy atom. The molecule has 0 saturated heterocycles. The number of halogens is 3. The number of hydrogen-bond acceptors (Lipinski definition) is 3. The summed E-state index contributed by atoms with van der Waals surface area (Å²) < 4.78 is 18.3. The second kappa shape index (κ2) is 8.87. The number of carbonyl (C=O) groups excluding carboxylic acids is 1. The minimum absolute atomic E-state index is 0.161. The SMILES string of the molecule is CN(CCOc1ccc(F)cc1)CC(=O)Nc1c(Cl)cccc1Cl. The molecule has 1 amide bonds. The molecule has 2 aromatic rings. The maximum atomic E-state index is 12.8. The Morgan fingerprint density at radius 1 is 1.17 bits per heavy atom. The molecule has 7 heteroatoms.